The third-order valence-corrected chi connectivity index (χ3v) is 4.02. The lowest BCUT2D eigenvalue weighted by Crippen LogP contribution is -2.48. The van der Waals surface area contributed by atoms with E-state index in [4.69, 9.17) is 0 Å². The standard InChI is InChI=1S/C19H23BN2O4/c1-15(23)22(17-10-6-3-7-11-17)13-12-19(24)21-18(20(25)26)14-16-8-4-2-5-9-16/h2-11,18,25-26H,12-14H2,1H3,(H,21,24)/t18-/m0/s1. The van der Waals surface area contributed by atoms with Gasteiger partial charge < -0.3 is 20.3 Å². The maximum absolute atomic E-state index is 12.2. The Balaban J connectivity index is 1.93. The summed E-state index contributed by atoms with van der Waals surface area (Å²) in [5.74, 6) is -1.32. The van der Waals surface area contributed by atoms with Gasteiger partial charge in [0.1, 0.15) is 0 Å². The number of carbonyl (C=O) groups is 2. The number of rotatable bonds is 8. The van der Waals surface area contributed by atoms with E-state index in [1.54, 1.807) is 12.1 Å². The van der Waals surface area contributed by atoms with Crippen molar-refractivity contribution >= 4 is 24.6 Å². The van der Waals surface area contributed by atoms with Crippen LogP contribution in [0.5, 0.6) is 0 Å². The number of para-hydroxylation sites is 1. The Morgan fingerprint density at radius 1 is 1.04 bits per heavy atom. The molecule has 2 rings (SSSR count). The summed E-state index contributed by atoms with van der Waals surface area (Å²) < 4.78 is 0. The van der Waals surface area contributed by atoms with Gasteiger partial charge in [-0.25, -0.2) is 0 Å². The van der Waals surface area contributed by atoms with E-state index >= 15 is 0 Å². The molecule has 3 N–H and O–H groups in total. The molecule has 0 unspecified atom stereocenters. The van der Waals surface area contributed by atoms with Crippen LogP contribution in [0, 0.1) is 0 Å². The molecule has 0 heterocycles. The molecule has 2 aromatic rings. The second-order valence-electron chi connectivity index (χ2n) is 6.03. The quantitative estimate of drug-likeness (QED) is 0.621. The monoisotopic (exact) mass is 354 g/mol. The topological polar surface area (TPSA) is 89.9 Å². The van der Waals surface area contributed by atoms with Gasteiger partial charge in [0, 0.05) is 25.6 Å². The van der Waals surface area contributed by atoms with Crippen molar-refractivity contribution in [3.63, 3.8) is 0 Å². The first kappa shape index (κ1) is 19.7. The number of amides is 2. The zero-order valence-corrected chi connectivity index (χ0v) is 14.7. The van der Waals surface area contributed by atoms with E-state index in [2.05, 4.69) is 5.32 Å². The first-order valence-corrected chi connectivity index (χ1v) is 8.50. The average molecular weight is 354 g/mol. The Morgan fingerprint density at radius 3 is 2.15 bits per heavy atom. The first-order valence-electron chi connectivity index (χ1n) is 8.50. The maximum Gasteiger partial charge on any atom is 0.475 e. The lowest BCUT2D eigenvalue weighted by atomic mass is 9.76. The molecule has 0 fully saturated rings. The van der Waals surface area contributed by atoms with Gasteiger partial charge in [-0.15, -0.1) is 0 Å². The van der Waals surface area contributed by atoms with Crippen molar-refractivity contribution in [2.45, 2.75) is 25.7 Å². The third kappa shape index (κ3) is 6.02. The zero-order valence-electron chi connectivity index (χ0n) is 14.7. The van der Waals surface area contributed by atoms with Gasteiger partial charge in [-0.2, -0.15) is 0 Å². The minimum Gasteiger partial charge on any atom is -0.426 e. The molecule has 0 saturated heterocycles. The molecule has 6 nitrogen and oxygen atoms in total. The van der Waals surface area contributed by atoms with Crippen LogP contribution in [-0.2, 0) is 16.0 Å². The van der Waals surface area contributed by atoms with Crippen LogP contribution in [0.25, 0.3) is 0 Å². The highest BCUT2D eigenvalue weighted by atomic mass is 16.4. The van der Waals surface area contributed by atoms with Gasteiger partial charge in [0.05, 0.1) is 5.94 Å². The van der Waals surface area contributed by atoms with Crippen LogP contribution in [0.1, 0.15) is 18.9 Å². The fraction of sp³-hybridized carbons (Fsp3) is 0.263. The summed E-state index contributed by atoms with van der Waals surface area (Å²) in [6.07, 6.45) is 0.367. The van der Waals surface area contributed by atoms with Crippen molar-refractivity contribution in [3.8, 4) is 0 Å². The highest BCUT2D eigenvalue weighted by Gasteiger charge is 2.25. The lowest BCUT2D eigenvalue weighted by Gasteiger charge is -2.22. The number of hydrogen-bond donors (Lipinski definition) is 3. The van der Waals surface area contributed by atoms with Gasteiger partial charge in [0.2, 0.25) is 11.8 Å². The molecule has 136 valence electrons. The molecule has 0 aliphatic heterocycles. The summed E-state index contributed by atoms with van der Waals surface area (Å²) in [4.78, 5) is 25.6. The van der Waals surface area contributed by atoms with E-state index in [9.17, 15) is 19.6 Å². The molecule has 26 heavy (non-hydrogen) atoms. The van der Waals surface area contributed by atoms with Crippen molar-refractivity contribution in [2.24, 2.45) is 0 Å². The molecule has 0 radical (unpaired) electrons. The summed E-state index contributed by atoms with van der Waals surface area (Å²) >= 11 is 0. The summed E-state index contributed by atoms with van der Waals surface area (Å²) in [6, 6.07) is 18.4. The number of anilines is 1. The molecule has 2 aromatic carbocycles. The summed E-state index contributed by atoms with van der Waals surface area (Å²) in [5, 5.41) is 21.7. The summed E-state index contributed by atoms with van der Waals surface area (Å²) in [6.45, 7) is 1.66. The summed E-state index contributed by atoms with van der Waals surface area (Å²) in [5.41, 5.74) is 1.61. The number of benzene rings is 2. The molecule has 2 amide bonds. The maximum atomic E-state index is 12.2. The molecule has 0 aliphatic carbocycles. The van der Waals surface area contributed by atoms with E-state index < -0.39 is 13.1 Å². The second-order valence-corrected chi connectivity index (χ2v) is 6.03. The number of hydrogen-bond acceptors (Lipinski definition) is 4. The van der Waals surface area contributed by atoms with Crippen molar-refractivity contribution < 1.29 is 19.6 Å². The van der Waals surface area contributed by atoms with Crippen LogP contribution in [-0.4, -0.2) is 41.5 Å². The molecule has 0 saturated carbocycles. The number of nitrogens with zero attached hydrogens (tertiary/aromatic N) is 1. The van der Waals surface area contributed by atoms with Crippen LogP contribution in [0.3, 0.4) is 0 Å². The molecule has 1 atom stereocenters. The molecule has 0 spiro atoms. The smallest absolute Gasteiger partial charge is 0.426 e. The minimum absolute atomic E-state index is 0.0620. The normalized spacial score (nSPS) is 11.5. The van der Waals surface area contributed by atoms with E-state index in [1.807, 2.05) is 48.5 Å². The molecule has 0 bridgehead atoms. The highest BCUT2D eigenvalue weighted by Crippen LogP contribution is 2.14. The summed E-state index contributed by atoms with van der Waals surface area (Å²) in [7, 11) is -1.67. The van der Waals surface area contributed by atoms with Crippen molar-refractivity contribution in [3.05, 3.63) is 66.2 Å². The van der Waals surface area contributed by atoms with Crippen LogP contribution >= 0.6 is 0 Å². The molecule has 0 aliphatic rings. The van der Waals surface area contributed by atoms with E-state index in [1.165, 1.54) is 11.8 Å². The van der Waals surface area contributed by atoms with Crippen molar-refractivity contribution in [1.29, 1.82) is 0 Å². The Labute approximate surface area is 153 Å². The molecule has 0 aromatic heterocycles. The highest BCUT2D eigenvalue weighted by molar-refractivity contribution is 6.43. The van der Waals surface area contributed by atoms with Crippen molar-refractivity contribution in [1.82, 2.24) is 5.32 Å². The predicted molar refractivity (Wildman–Crippen MR) is 101 cm³/mol. The van der Waals surface area contributed by atoms with E-state index in [0.29, 0.717) is 6.42 Å². The van der Waals surface area contributed by atoms with Crippen LogP contribution in [0.4, 0.5) is 5.69 Å². The predicted octanol–water partition coefficient (Wildman–Crippen LogP) is 1.17. The van der Waals surface area contributed by atoms with Gasteiger partial charge in [0.15, 0.2) is 0 Å². The van der Waals surface area contributed by atoms with E-state index in [-0.39, 0.29) is 24.8 Å². The second kappa shape index (κ2) is 9.75. The van der Waals surface area contributed by atoms with Gasteiger partial charge in [-0.1, -0.05) is 48.5 Å². The van der Waals surface area contributed by atoms with E-state index in [0.717, 1.165) is 11.3 Å². The molecular formula is C19H23BN2O4. The Morgan fingerprint density at radius 2 is 1.62 bits per heavy atom. The zero-order chi connectivity index (χ0) is 18.9. The Hall–Kier alpha value is -2.64. The van der Waals surface area contributed by atoms with Gasteiger partial charge in [-0.05, 0) is 24.1 Å². The first-order chi connectivity index (χ1) is 12.5. The SMILES string of the molecule is CC(=O)N(CCC(=O)N[C@@H](Cc1ccccc1)B(O)O)c1ccccc1. The molecular weight excluding hydrogens is 331 g/mol. The van der Waals surface area contributed by atoms with Crippen LogP contribution in [0.2, 0.25) is 0 Å². The third-order valence-electron chi connectivity index (χ3n) is 4.02. The largest absolute Gasteiger partial charge is 0.475 e. The lowest BCUT2D eigenvalue weighted by molar-refractivity contribution is -0.121. The number of nitrogens with one attached hydrogen (secondary N) is 1. The van der Waals surface area contributed by atoms with Crippen LogP contribution in [0.15, 0.2) is 60.7 Å². The number of carbonyl (C=O) groups excluding carboxylic acids is 2. The van der Waals surface area contributed by atoms with Gasteiger partial charge in [0.25, 0.3) is 0 Å². The fourth-order valence-electron chi connectivity index (χ4n) is 2.67. The van der Waals surface area contributed by atoms with Crippen LogP contribution < -0.4 is 10.2 Å². The minimum atomic E-state index is -1.67. The van der Waals surface area contributed by atoms with Gasteiger partial charge in [-0.3, -0.25) is 9.59 Å². The van der Waals surface area contributed by atoms with Crippen molar-refractivity contribution in [2.75, 3.05) is 11.4 Å². The molecule has 7 heteroatoms. The average Bonchev–Trinajstić information content (AvgIpc) is 2.62. The Bertz CT molecular complexity index is 710. The van der Waals surface area contributed by atoms with Gasteiger partial charge >= 0.3 is 7.12 Å². The Kier molecular flexibility index (Phi) is 7.38. The fourth-order valence-corrected chi connectivity index (χ4v) is 2.67.